The molecule has 2 rings (SSSR count). The minimum absolute atomic E-state index is 0.177. The van der Waals surface area contributed by atoms with E-state index in [2.05, 4.69) is 5.32 Å². The van der Waals surface area contributed by atoms with Crippen molar-refractivity contribution in [1.29, 1.82) is 0 Å². The second-order valence-electron chi connectivity index (χ2n) is 4.58. The molecular formula is C16H14Cl3NO2. The zero-order chi connectivity index (χ0) is 16.0. The highest BCUT2D eigenvalue weighted by Crippen LogP contribution is 2.31. The number of rotatable bonds is 5. The van der Waals surface area contributed by atoms with E-state index >= 15 is 0 Å². The summed E-state index contributed by atoms with van der Waals surface area (Å²) in [6.45, 7) is 0. The van der Waals surface area contributed by atoms with Gasteiger partial charge in [0.25, 0.3) is 0 Å². The molecule has 0 saturated carbocycles. The summed E-state index contributed by atoms with van der Waals surface area (Å²) in [7, 11) is 0. The van der Waals surface area contributed by atoms with Crippen LogP contribution in [0.4, 0.5) is 0 Å². The van der Waals surface area contributed by atoms with Crippen molar-refractivity contribution >= 4 is 40.7 Å². The van der Waals surface area contributed by atoms with E-state index in [1.54, 1.807) is 24.3 Å². The number of hydrogen-bond donors (Lipinski definition) is 1. The Hall–Kier alpha value is -1.42. The van der Waals surface area contributed by atoms with Gasteiger partial charge in [0.1, 0.15) is 5.75 Å². The molecule has 0 spiro atoms. The van der Waals surface area contributed by atoms with Crippen LogP contribution in [-0.2, 0) is 11.2 Å². The number of hydrogen-bond acceptors (Lipinski definition) is 2. The Labute approximate surface area is 144 Å². The summed E-state index contributed by atoms with van der Waals surface area (Å²) in [5.41, 5.74) is 0.864. The molecule has 3 nitrogen and oxygen atoms in total. The molecule has 0 saturated heterocycles. The first-order chi connectivity index (χ1) is 10.4. The molecule has 0 aliphatic heterocycles. The standard InChI is InChI=1S/C16H14Cl3NO2/c17-16(18,19)15(22-13-9-5-2-6-10-13)20-14(21)11-12-7-3-1-4-8-12/h1-10,15H,11H2,(H,20,21)/t15-/m1/s1. The highest BCUT2D eigenvalue weighted by Gasteiger charge is 2.36. The van der Waals surface area contributed by atoms with Gasteiger partial charge in [-0.25, -0.2) is 0 Å². The first kappa shape index (κ1) is 16.9. The normalized spacial score (nSPS) is 12.5. The predicted molar refractivity (Wildman–Crippen MR) is 89.4 cm³/mol. The van der Waals surface area contributed by atoms with Crippen molar-refractivity contribution in [3.05, 3.63) is 66.2 Å². The number of amides is 1. The van der Waals surface area contributed by atoms with Gasteiger partial charge in [-0.2, -0.15) is 0 Å². The summed E-state index contributed by atoms with van der Waals surface area (Å²) in [5.74, 6) is 0.206. The average molecular weight is 359 g/mol. The maximum atomic E-state index is 12.1. The zero-order valence-electron chi connectivity index (χ0n) is 11.5. The minimum atomic E-state index is -1.79. The molecule has 0 bridgehead atoms. The number of para-hydroxylation sites is 1. The van der Waals surface area contributed by atoms with Gasteiger partial charge in [0.15, 0.2) is 0 Å². The van der Waals surface area contributed by atoms with Gasteiger partial charge in [-0.15, -0.1) is 0 Å². The average Bonchev–Trinajstić information content (AvgIpc) is 2.48. The summed E-state index contributed by atoms with van der Waals surface area (Å²) in [5, 5.41) is 2.60. The van der Waals surface area contributed by atoms with E-state index in [4.69, 9.17) is 39.5 Å². The monoisotopic (exact) mass is 357 g/mol. The number of carbonyl (C=O) groups excluding carboxylic acids is 1. The first-order valence-corrected chi connectivity index (χ1v) is 7.70. The van der Waals surface area contributed by atoms with Crippen LogP contribution in [0.15, 0.2) is 60.7 Å². The van der Waals surface area contributed by atoms with Crippen molar-refractivity contribution in [2.45, 2.75) is 16.4 Å². The molecule has 0 aliphatic carbocycles. The lowest BCUT2D eigenvalue weighted by atomic mass is 10.1. The van der Waals surface area contributed by atoms with Crippen LogP contribution in [-0.4, -0.2) is 15.9 Å². The van der Waals surface area contributed by atoms with Crippen molar-refractivity contribution in [1.82, 2.24) is 5.32 Å². The summed E-state index contributed by atoms with van der Waals surface area (Å²) in [4.78, 5) is 12.1. The van der Waals surface area contributed by atoms with Gasteiger partial charge in [-0.05, 0) is 17.7 Å². The smallest absolute Gasteiger partial charge is 0.246 e. The lowest BCUT2D eigenvalue weighted by Gasteiger charge is -2.26. The van der Waals surface area contributed by atoms with Gasteiger partial charge in [-0.3, -0.25) is 4.79 Å². The highest BCUT2D eigenvalue weighted by atomic mass is 35.6. The number of halogens is 3. The maximum Gasteiger partial charge on any atom is 0.246 e. The molecule has 2 aromatic carbocycles. The number of nitrogens with one attached hydrogen (secondary N) is 1. The molecule has 2 aromatic rings. The molecule has 6 heteroatoms. The van der Waals surface area contributed by atoms with Crippen LogP contribution in [0.25, 0.3) is 0 Å². The van der Waals surface area contributed by atoms with Gasteiger partial charge in [0.05, 0.1) is 6.42 Å². The van der Waals surface area contributed by atoms with Gasteiger partial charge < -0.3 is 10.1 Å². The van der Waals surface area contributed by atoms with Crippen LogP contribution in [0.2, 0.25) is 0 Å². The fourth-order valence-corrected chi connectivity index (χ4v) is 2.09. The zero-order valence-corrected chi connectivity index (χ0v) is 13.8. The molecule has 0 unspecified atom stereocenters. The highest BCUT2D eigenvalue weighted by molar-refractivity contribution is 6.68. The molecule has 0 radical (unpaired) electrons. The summed E-state index contributed by atoms with van der Waals surface area (Å²) in [6, 6.07) is 18.1. The number of benzene rings is 2. The van der Waals surface area contributed by atoms with Crippen molar-refractivity contribution < 1.29 is 9.53 Å². The van der Waals surface area contributed by atoms with E-state index in [-0.39, 0.29) is 12.3 Å². The Kier molecular flexibility index (Phi) is 5.95. The molecule has 1 N–H and O–H groups in total. The molecular weight excluding hydrogens is 345 g/mol. The largest absolute Gasteiger partial charge is 0.466 e. The van der Waals surface area contributed by atoms with Crippen LogP contribution in [0.3, 0.4) is 0 Å². The Morgan fingerprint density at radius 2 is 1.55 bits per heavy atom. The van der Waals surface area contributed by atoms with Crippen LogP contribution < -0.4 is 10.1 Å². The van der Waals surface area contributed by atoms with Crippen molar-refractivity contribution in [2.75, 3.05) is 0 Å². The van der Waals surface area contributed by atoms with Crippen LogP contribution in [0.5, 0.6) is 5.75 Å². The van der Waals surface area contributed by atoms with E-state index in [1.807, 2.05) is 36.4 Å². The van der Waals surface area contributed by atoms with Crippen LogP contribution in [0.1, 0.15) is 5.56 Å². The predicted octanol–water partition coefficient (Wildman–Crippen LogP) is 4.12. The summed E-state index contributed by atoms with van der Waals surface area (Å²) < 4.78 is 3.77. The van der Waals surface area contributed by atoms with Gasteiger partial charge in [0.2, 0.25) is 15.9 Å². The Bertz CT molecular complexity index is 600. The third kappa shape index (κ3) is 5.41. The van der Waals surface area contributed by atoms with E-state index in [9.17, 15) is 4.79 Å². The Morgan fingerprint density at radius 3 is 2.09 bits per heavy atom. The minimum Gasteiger partial charge on any atom is -0.466 e. The number of alkyl halides is 3. The van der Waals surface area contributed by atoms with E-state index < -0.39 is 10.0 Å². The summed E-state index contributed by atoms with van der Waals surface area (Å²) >= 11 is 17.7. The number of carbonyl (C=O) groups is 1. The molecule has 0 heterocycles. The second kappa shape index (κ2) is 7.73. The van der Waals surface area contributed by atoms with E-state index in [0.29, 0.717) is 5.75 Å². The topological polar surface area (TPSA) is 38.3 Å². The van der Waals surface area contributed by atoms with Gasteiger partial charge in [0, 0.05) is 0 Å². The third-order valence-corrected chi connectivity index (χ3v) is 3.39. The van der Waals surface area contributed by atoms with Crippen molar-refractivity contribution in [3.8, 4) is 5.75 Å². The van der Waals surface area contributed by atoms with Crippen molar-refractivity contribution in [2.24, 2.45) is 0 Å². The van der Waals surface area contributed by atoms with E-state index in [1.165, 1.54) is 0 Å². The molecule has 0 aromatic heterocycles. The molecule has 0 aliphatic rings. The quantitative estimate of drug-likeness (QED) is 0.645. The maximum absolute atomic E-state index is 12.1. The molecule has 1 amide bonds. The number of ether oxygens (including phenoxy) is 1. The molecule has 22 heavy (non-hydrogen) atoms. The molecule has 116 valence electrons. The second-order valence-corrected chi connectivity index (χ2v) is 6.95. The van der Waals surface area contributed by atoms with Gasteiger partial charge >= 0.3 is 0 Å². The first-order valence-electron chi connectivity index (χ1n) is 6.57. The third-order valence-electron chi connectivity index (χ3n) is 2.79. The lowest BCUT2D eigenvalue weighted by Crippen LogP contribution is -2.48. The fraction of sp³-hybridized carbons (Fsp3) is 0.188. The Balaban J connectivity index is 2.02. The summed E-state index contributed by atoms with van der Waals surface area (Å²) in [6.07, 6.45) is -0.910. The van der Waals surface area contributed by atoms with E-state index in [0.717, 1.165) is 5.56 Å². The SMILES string of the molecule is O=C(Cc1ccccc1)N[C@H](Oc1ccccc1)C(Cl)(Cl)Cl. The fourth-order valence-electron chi connectivity index (χ4n) is 1.79. The van der Waals surface area contributed by atoms with Crippen LogP contribution in [0, 0.1) is 0 Å². The molecule has 0 fully saturated rings. The lowest BCUT2D eigenvalue weighted by molar-refractivity contribution is -0.122. The Morgan fingerprint density at radius 1 is 1.00 bits per heavy atom. The molecule has 1 atom stereocenters. The van der Waals surface area contributed by atoms with Crippen LogP contribution >= 0.6 is 34.8 Å². The van der Waals surface area contributed by atoms with Gasteiger partial charge in [-0.1, -0.05) is 83.3 Å². The van der Waals surface area contributed by atoms with Crippen molar-refractivity contribution in [3.63, 3.8) is 0 Å².